The normalized spacial score (nSPS) is 36.0. The first-order valence-electron chi connectivity index (χ1n) is 16.1. The van der Waals surface area contributed by atoms with Gasteiger partial charge in [0.25, 0.3) is 0 Å². The van der Waals surface area contributed by atoms with Crippen LogP contribution in [0.5, 0.6) is 0 Å². The van der Waals surface area contributed by atoms with Gasteiger partial charge in [0.2, 0.25) is 0 Å². The van der Waals surface area contributed by atoms with Crippen molar-refractivity contribution in [2.45, 2.75) is 78.6 Å². The predicted molar refractivity (Wildman–Crippen MR) is 161 cm³/mol. The van der Waals surface area contributed by atoms with Crippen LogP contribution < -0.4 is 10.6 Å². The fourth-order valence-electron chi connectivity index (χ4n) is 9.23. The Morgan fingerprint density at radius 3 is 2.48 bits per heavy atom. The van der Waals surface area contributed by atoms with E-state index < -0.39 is 0 Å². The molecule has 1 amide bonds. The minimum Gasteiger partial charge on any atom is -0.329 e. The Morgan fingerprint density at radius 1 is 1.00 bits per heavy atom. The lowest BCUT2D eigenvalue weighted by atomic mass is 9.44. The third-order valence-corrected chi connectivity index (χ3v) is 11.7. The first kappa shape index (κ1) is 31.4. The Bertz CT molecular complexity index is 932. The highest BCUT2D eigenvalue weighted by Gasteiger charge is 2.60. The number of likely N-dealkylation sites (N-methyl/N-ethyl adjacent to an activating group) is 2. The summed E-state index contributed by atoms with van der Waals surface area (Å²) in [6.45, 7) is 11.7. The number of Topliss-reactive ketones (excluding diaryl/α,β-unsaturated/α-hetero) is 1. The van der Waals surface area contributed by atoms with Crippen LogP contribution in [0.15, 0.2) is 5.16 Å². The minimum atomic E-state index is -0.343. The Balaban J connectivity index is 1.39. The standard InChI is InChI=1S/C32H58N5O3/c1-23(35-40-30(39)36(20-21-37(5,6)7)19-18-34-17-16-33-4)27-10-11-28-26-9-8-24-22-25(38)12-14-31(24,2)29(26)13-15-32(27,28)3/h24,26-29,33-34H,8-22H2,1-7H3/q+1/b35-23+/t24-,26-,27+,28-,29-,31-,32+/m0/s1. The number of quaternary nitrogens is 1. The van der Waals surface area contributed by atoms with Gasteiger partial charge in [0.15, 0.2) is 0 Å². The Morgan fingerprint density at radius 2 is 1.75 bits per heavy atom. The van der Waals surface area contributed by atoms with Crippen molar-refractivity contribution in [1.29, 1.82) is 0 Å². The summed E-state index contributed by atoms with van der Waals surface area (Å²) in [7, 11) is 8.37. The summed E-state index contributed by atoms with van der Waals surface area (Å²) in [5.41, 5.74) is 1.54. The average Bonchev–Trinajstić information content (AvgIpc) is 3.26. The number of carbonyl (C=O) groups is 2. The largest absolute Gasteiger partial charge is 0.436 e. The average molecular weight is 561 g/mol. The molecule has 4 aliphatic rings. The number of fused-ring (bicyclic) bond motifs is 5. The van der Waals surface area contributed by atoms with E-state index in [1.54, 1.807) is 4.90 Å². The van der Waals surface area contributed by atoms with E-state index in [1.807, 2.05) is 7.05 Å². The molecular weight excluding hydrogens is 502 g/mol. The molecule has 0 radical (unpaired) electrons. The van der Waals surface area contributed by atoms with Crippen molar-refractivity contribution in [2.24, 2.45) is 45.6 Å². The zero-order valence-electron chi connectivity index (χ0n) is 26.6. The zero-order chi connectivity index (χ0) is 29.1. The second-order valence-electron chi connectivity index (χ2n) is 15.0. The van der Waals surface area contributed by atoms with Crippen LogP contribution in [-0.2, 0) is 9.63 Å². The van der Waals surface area contributed by atoms with Gasteiger partial charge < -0.3 is 15.1 Å². The molecule has 0 aromatic rings. The fraction of sp³-hybridized carbons (Fsp3) is 0.906. The molecule has 0 aromatic heterocycles. The zero-order valence-corrected chi connectivity index (χ0v) is 26.6. The number of oxime groups is 1. The molecule has 40 heavy (non-hydrogen) atoms. The topological polar surface area (TPSA) is 83.0 Å². The van der Waals surface area contributed by atoms with Crippen LogP contribution in [-0.4, -0.2) is 94.4 Å². The first-order chi connectivity index (χ1) is 18.9. The van der Waals surface area contributed by atoms with Gasteiger partial charge in [-0.05, 0) is 93.4 Å². The molecule has 8 heteroatoms. The van der Waals surface area contributed by atoms with Crippen LogP contribution in [0.25, 0.3) is 0 Å². The Kier molecular flexibility index (Phi) is 10.0. The van der Waals surface area contributed by atoms with E-state index in [1.165, 1.54) is 32.1 Å². The smallest absolute Gasteiger partial charge is 0.329 e. The first-order valence-corrected chi connectivity index (χ1v) is 16.1. The fourth-order valence-corrected chi connectivity index (χ4v) is 9.23. The number of hydrogen-bond donors (Lipinski definition) is 2. The molecule has 4 fully saturated rings. The van der Waals surface area contributed by atoms with Gasteiger partial charge in [-0.3, -0.25) is 14.5 Å². The monoisotopic (exact) mass is 560 g/mol. The summed E-state index contributed by atoms with van der Waals surface area (Å²) >= 11 is 0. The van der Waals surface area contributed by atoms with E-state index in [-0.39, 0.29) is 11.5 Å². The van der Waals surface area contributed by atoms with Crippen LogP contribution in [0.4, 0.5) is 4.79 Å². The molecule has 4 saturated carbocycles. The lowest BCUT2D eigenvalue weighted by Gasteiger charge is -2.60. The van der Waals surface area contributed by atoms with Gasteiger partial charge in [-0.1, -0.05) is 19.0 Å². The number of amides is 1. The summed E-state index contributed by atoms with van der Waals surface area (Å²) < 4.78 is 0.791. The van der Waals surface area contributed by atoms with Crippen molar-refractivity contribution in [3.05, 3.63) is 0 Å². The molecule has 228 valence electrons. The van der Waals surface area contributed by atoms with Gasteiger partial charge in [0.05, 0.1) is 39.9 Å². The maximum absolute atomic E-state index is 13.2. The van der Waals surface area contributed by atoms with Crippen LogP contribution >= 0.6 is 0 Å². The van der Waals surface area contributed by atoms with Crippen LogP contribution in [0.1, 0.15) is 78.6 Å². The highest BCUT2D eigenvalue weighted by Crippen LogP contribution is 2.67. The molecule has 8 nitrogen and oxygen atoms in total. The SMILES string of the molecule is CNCCNCCN(CC[N+](C)(C)C)C(=O)O/N=C(\C)[C@H]1CC[C@H]2[C@@H]3CC[C@H]4CC(=O)CC[C@]4(C)[C@H]3CC[C@]12C. The summed E-state index contributed by atoms with van der Waals surface area (Å²) in [6, 6.07) is 0. The van der Waals surface area contributed by atoms with Gasteiger partial charge in [-0.25, -0.2) is 4.79 Å². The molecule has 0 saturated heterocycles. The number of carbonyl (C=O) groups excluding carboxylic acids is 2. The molecule has 7 atom stereocenters. The second-order valence-corrected chi connectivity index (χ2v) is 15.0. The summed E-state index contributed by atoms with van der Waals surface area (Å²) in [6.07, 6.45) is 9.72. The van der Waals surface area contributed by atoms with E-state index in [9.17, 15) is 9.59 Å². The van der Waals surface area contributed by atoms with Gasteiger partial charge in [0.1, 0.15) is 5.78 Å². The van der Waals surface area contributed by atoms with Crippen molar-refractivity contribution in [3.8, 4) is 0 Å². The van der Waals surface area contributed by atoms with Gasteiger partial charge >= 0.3 is 6.09 Å². The van der Waals surface area contributed by atoms with Crippen molar-refractivity contribution in [3.63, 3.8) is 0 Å². The van der Waals surface area contributed by atoms with Gasteiger partial charge in [-0.2, -0.15) is 0 Å². The van der Waals surface area contributed by atoms with Crippen molar-refractivity contribution < 1.29 is 18.9 Å². The molecule has 0 unspecified atom stereocenters. The predicted octanol–water partition coefficient (Wildman–Crippen LogP) is 4.54. The summed E-state index contributed by atoms with van der Waals surface area (Å²) in [5.74, 6) is 3.67. The quantitative estimate of drug-likeness (QED) is 0.127. The highest BCUT2D eigenvalue weighted by molar-refractivity contribution is 5.85. The lowest BCUT2D eigenvalue weighted by molar-refractivity contribution is -0.869. The molecule has 4 aliphatic carbocycles. The summed E-state index contributed by atoms with van der Waals surface area (Å²) in [4.78, 5) is 32.8. The molecule has 0 bridgehead atoms. The third kappa shape index (κ3) is 6.75. The Labute approximate surface area is 243 Å². The minimum absolute atomic E-state index is 0.218. The van der Waals surface area contributed by atoms with E-state index in [2.05, 4.69) is 57.7 Å². The molecule has 0 aliphatic heterocycles. The highest BCUT2D eigenvalue weighted by atomic mass is 16.7. The number of rotatable bonds is 11. The molecule has 0 spiro atoms. The van der Waals surface area contributed by atoms with Crippen LogP contribution in [0.3, 0.4) is 0 Å². The Hall–Kier alpha value is -1.51. The van der Waals surface area contributed by atoms with Crippen LogP contribution in [0.2, 0.25) is 0 Å². The molecule has 0 aromatic carbocycles. The number of ketones is 1. The second kappa shape index (κ2) is 12.8. The van der Waals surface area contributed by atoms with Crippen molar-refractivity contribution in [1.82, 2.24) is 15.5 Å². The third-order valence-electron chi connectivity index (χ3n) is 11.7. The molecule has 4 rings (SSSR count). The van der Waals surface area contributed by atoms with E-state index in [4.69, 9.17) is 4.84 Å². The van der Waals surface area contributed by atoms with E-state index in [0.717, 1.165) is 73.9 Å². The maximum Gasteiger partial charge on any atom is 0.436 e. The molecule has 2 N–H and O–H groups in total. The molecule has 0 heterocycles. The summed E-state index contributed by atoms with van der Waals surface area (Å²) in [5, 5.41) is 11.0. The molecular formula is C32H58N5O3+. The number of nitrogens with zero attached hydrogens (tertiary/aromatic N) is 3. The van der Waals surface area contributed by atoms with Gasteiger partial charge in [-0.15, -0.1) is 0 Å². The van der Waals surface area contributed by atoms with Crippen molar-refractivity contribution in [2.75, 3.05) is 67.5 Å². The maximum atomic E-state index is 13.2. The number of nitrogens with one attached hydrogen (secondary N) is 2. The lowest BCUT2D eigenvalue weighted by Crippen LogP contribution is -2.53. The van der Waals surface area contributed by atoms with Crippen LogP contribution in [0, 0.1) is 40.4 Å². The van der Waals surface area contributed by atoms with E-state index >= 15 is 0 Å². The van der Waals surface area contributed by atoms with Gasteiger partial charge in [0, 0.05) is 44.9 Å². The van der Waals surface area contributed by atoms with E-state index in [0.29, 0.717) is 42.0 Å². The number of hydrogen-bond acceptors (Lipinski definition) is 6. The van der Waals surface area contributed by atoms with Crippen molar-refractivity contribution >= 4 is 17.6 Å².